The minimum atomic E-state index is -1.80. The molecule has 1 fully saturated rings. The number of rotatable bonds is 10. The van der Waals surface area contributed by atoms with Crippen molar-refractivity contribution >= 4 is 14.3 Å². The van der Waals surface area contributed by atoms with Gasteiger partial charge in [-0.25, -0.2) is 0 Å². The molecule has 0 aromatic heterocycles. The number of carbonyl (C=O) groups excluding carboxylic acids is 1. The van der Waals surface area contributed by atoms with E-state index < -0.39 is 14.4 Å². The molecule has 1 saturated heterocycles. The second-order valence-corrected chi connectivity index (χ2v) is 12.3. The Balaban J connectivity index is 2.50. The van der Waals surface area contributed by atoms with Gasteiger partial charge in [0.2, 0.25) is 0 Å². The lowest BCUT2D eigenvalue weighted by molar-refractivity contribution is -0.144. The quantitative estimate of drug-likeness (QED) is 0.197. The van der Waals surface area contributed by atoms with Crippen LogP contribution >= 0.6 is 0 Å². The van der Waals surface area contributed by atoms with Crippen LogP contribution in [-0.2, 0) is 23.4 Å². The predicted molar refractivity (Wildman–Crippen MR) is 97.5 cm³/mol. The summed E-state index contributed by atoms with van der Waals surface area (Å²) in [5.74, 6) is -0.323. The van der Waals surface area contributed by atoms with Crippen molar-refractivity contribution in [1.29, 1.82) is 0 Å². The fourth-order valence-corrected chi connectivity index (χ4v) is 2.92. The van der Waals surface area contributed by atoms with Gasteiger partial charge in [0, 0.05) is 6.92 Å². The van der Waals surface area contributed by atoms with Gasteiger partial charge in [0.25, 0.3) is 0 Å². The second kappa shape index (κ2) is 8.94. The van der Waals surface area contributed by atoms with Crippen LogP contribution in [0.1, 0.15) is 27.7 Å². The zero-order valence-corrected chi connectivity index (χ0v) is 16.8. The van der Waals surface area contributed by atoms with Gasteiger partial charge in [-0.2, -0.15) is 0 Å². The molecule has 24 heavy (non-hydrogen) atoms. The zero-order chi connectivity index (χ0) is 18.4. The lowest BCUT2D eigenvalue weighted by atomic mass is 10.2. The van der Waals surface area contributed by atoms with E-state index in [0.717, 1.165) is 0 Å². The normalized spacial score (nSPS) is 22.4. The molecule has 0 aromatic carbocycles. The van der Waals surface area contributed by atoms with Crippen LogP contribution in [0.15, 0.2) is 24.8 Å². The molecule has 0 aromatic rings. The Morgan fingerprint density at radius 2 is 2.00 bits per heavy atom. The number of hydrogen-bond acceptors (Lipinski definition) is 5. The third-order valence-corrected chi connectivity index (χ3v) is 8.94. The third kappa shape index (κ3) is 6.89. The summed E-state index contributed by atoms with van der Waals surface area (Å²) in [6.07, 6.45) is 4.78. The fraction of sp³-hybridized carbons (Fsp3) is 0.722. The fourth-order valence-electron chi connectivity index (χ4n) is 1.90. The van der Waals surface area contributed by atoms with E-state index in [4.69, 9.17) is 18.6 Å². The highest BCUT2D eigenvalue weighted by molar-refractivity contribution is 6.74. The van der Waals surface area contributed by atoms with Gasteiger partial charge < -0.3 is 18.6 Å². The number of carbonyl (C=O) groups is 1. The first kappa shape index (κ1) is 21.1. The Bertz CT molecular complexity index is 453. The van der Waals surface area contributed by atoms with Gasteiger partial charge in [0.15, 0.2) is 8.32 Å². The first-order valence-corrected chi connectivity index (χ1v) is 11.3. The molecular weight excluding hydrogens is 324 g/mol. The van der Waals surface area contributed by atoms with Crippen molar-refractivity contribution in [3.63, 3.8) is 0 Å². The summed E-state index contributed by atoms with van der Waals surface area (Å²) in [6, 6.07) is 0. The summed E-state index contributed by atoms with van der Waals surface area (Å²) >= 11 is 0. The summed E-state index contributed by atoms with van der Waals surface area (Å²) in [5, 5.41) is 0.162. The Morgan fingerprint density at radius 3 is 2.54 bits per heavy atom. The summed E-state index contributed by atoms with van der Waals surface area (Å²) < 4.78 is 22.5. The first-order chi connectivity index (χ1) is 11.1. The largest absolute Gasteiger partial charge is 0.455 e. The average Bonchev–Trinajstić information content (AvgIpc) is 3.21. The maximum Gasteiger partial charge on any atom is 0.303 e. The molecule has 0 unspecified atom stereocenters. The van der Waals surface area contributed by atoms with Crippen molar-refractivity contribution in [3.05, 3.63) is 24.8 Å². The van der Waals surface area contributed by atoms with E-state index in [1.54, 1.807) is 6.08 Å². The topological polar surface area (TPSA) is 57.3 Å². The Kier molecular flexibility index (Phi) is 7.86. The lowest BCUT2D eigenvalue weighted by Gasteiger charge is -2.36. The van der Waals surface area contributed by atoms with E-state index in [2.05, 4.69) is 40.4 Å². The van der Waals surface area contributed by atoms with Crippen molar-refractivity contribution in [2.75, 3.05) is 19.8 Å². The monoisotopic (exact) mass is 356 g/mol. The van der Waals surface area contributed by atoms with Crippen LogP contribution in [0, 0.1) is 0 Å². The summed E-state index contributed by atoms with van der Waals surface area (Å²) in [7, 11) is -1.80. The standard InChI is InChI=1S/C18H32O5Si/c1-8-11-20-12-9-10-15(22-14(2)19)17-16(23-17)13-21-24(6,7)18(3,4)5/h8-10,15-17H,1,11-13H2,2-7H3/b10-9-/t15-,16-,17+/m1/s1. The number of ether oxygens (including phenoxy) is 3. The van der Waals surface area contributed by atoms with Crippen molar-refractivity contribution in [1.82, 2.24) is 0 Å². The molecule has 1 rings (SSSR count). The highest BCUT2D eigenvalue weighted by Gasteiger charge is 2.48. The highest BCUT2D eigenvalue weighted by Crippen LogP contribution is 2.38. The van der Waals surface area contributed by atoms with Crippen LogP contribution in [0.4, 0.5) is 0 Å². The molecule has 6 heteroatoms. The van der Waals surface area contributed by atoms with Crippen LogP contribution < -0.4 is 0 Å². The molecule has 1 heterocycles. The Hall–Kier alpha value is -0.953. The minimum absolute atomic E-state index is 0.0257. The van der Waals surface area contributed by atoms with Gasteiger partial charge >= 0.3 is 5.97 Å². The van der Waals surface area contributed by atoms with Gasteiger partial charge in [-0.15, -0.1) is 6.58 Å². The van der Waals surface area contributed by atoms with Crippen LogP contribution in [-0.4, -0.2) is 52.4 Å². The van der Waals surface area contributed by atoms with Crippen molar-refractivity contribution in [2.24, 2.45) is 0 Å². The van der Waals surface area contributed by atoms with Gasteiger partial charge in [0.05, 0.1) is 19.8 Å². The number of hydrogen-bond donors (Lipinski definition) is 0. The molecule has 5 nitrogen and oxygen atoms in total. The van der Waals surface area contributed by atoms with Crippen molar-refractivity contribution in [2.45, 2.75) is 64.1 Å². The molecule has 1 aliphatic rings. The van der Waals surface area contributed by atoms with Crippen LogP contribution in [0.5, 0.6) is 0 Å². The van der Waals surface area contributed by atoms with E-state index >= 15 is 0 Å². The summed E-state index contributed by atoms with van der Waals surface area (Å²) in [6.45, 7) is 17.5. The minimum Gasteiger partial charge on any atom is -0.455 e. The van der Waals surface area contributed by atoms with Crippen LogP contribution in [0.3, 0.4) is 0 Å². The van der Waals surface area contributed by atoms with Crippen LogP contribution in [0.25, 0.3) is 0 Å². The molecule has 0 saturated carbocycles. The zero-order valence-electron chi connectivity index (χ0n) is 15.8. The van der Waals surface area contributed by atoms with E-state index in [0.29, 0.717) is 19.8 Å². The molecule has 0 aliphatic carbocycles. The third-order valence-electron chi connectivity index (χ3n) is 4.44. The molecule has 0 bridgehead atoms. The van der Waals surface area contributed by atoms with Crippen molar-refractivity contribution < 1.29 is 23.4 Å². The SMILES string of the molecule is C=CCOC/C=C\[C@@H](OC(C)=O)[C@@H]1O[C@@H]1CO[Si](C)(C)C(C)(C)C. The molecule has 0 spiro atoms. The maximum atomic E-state index is 11.3. The second-order valence-electron chi connectivity index (χ2n) is 7.54. The molecule has 0 radical (unpaired) electrons. The van der Waals surface area contributed by atoms with Gasteiger partial charge in [-0.1, -0.05) is 32.9 Å². The highest BCUT2D eigenvalue weighted by atomic mass is 28.4. The Morgan fingerprint density at radius 1 is 1.33 bits per heavy atom. The van der Waals surface area contributed by atoms with E-state index in [1.807, 2.05) is 12.2 Å². The first-order valence-electron chi connectivity index (χ1n) is 8.40. The van der Waals surface area contributed by atoms with Crippen molar-refractivity contribution in [3.8, 4) is 0 Å². The summed E-state index contributed by atoms with van der Waals surface area (Å²) in [5.41, 5.74) is 0. The van der Waals surface area contributed by atoms with Gasteiger partial charge in [0.1, 0.15) is 18.3 Å². The van der Waals surface area contributed by atoms with E-state index in [9.17, 15) is 4.79 Å². The van der Waals surface area contributed by atoms with Crippen LogP contribution in [0.2, 0.25) is 18.1 Å². The molecular formula is C18H32O5Si. The maximum absolute atomic E-state index is 11.3. The Labute approximate surface area is 147 Å². The van der Waals surface area contributed by atoms with Gasteiger partial charge in [-0.3, -0.25) is 4.79 Å². The van der Waals surface area contributed by atoms with E-state index in [1.165, 1.54) is 6.92 Å². The lowest BCUT2D eigenvalue weighted by Crippen LogP contribution is -2.42. The molecule has 1 aliphatic heterocycles. The molecule has 3 atom stereocenters. The molecule has 0 amide bonds. The average molecular weight is 357 g/mol. The number of esters is 1. The van der Waals surface area contributed by atoms with E-state index in [-0.39, 0.29) is 23.2 Å². The predicted octanol–water partition coefficient (Wildman–Crippen LogP) is 3.47. The molecule has 138 valence electrons. The smallest absolute Gasteiger partial charge is 0.303 e. The molecule has 0 N–H and O–H groups in total. The summed E-state index contributed by atoms with van der Waals surface area (Å²) in [4.78, 5) is 11.3. The number of epoxide rings is 1. The van der Waals surface area contributed by atoms with Gasteiger partial charge in [-0.05, 0) is 24.2 Å².